The van der Waals surface area contributed by atoms with Crippen LogP contribution in [-0.4, -0.2) is 33.5 Å². The van der Waals surface area contributed by atoms with Crippen molar-refractivity contribution in [1.29, 1.82) is 0 Å². The van der Waals surface area contributed by atoms with Crippen molar-refractivity contribution >= 4 is 11.7 Å². The molecule has 0 bridgehead atoms. The zero-order chi connectivity index (χ0) is 14.9. The van der Waals surface area contributed by atoms with E-state index in [0.29, 0.717) is 13.0 Å². The highest BCUT2D eigenvalue weighted by molar-refractivity contribution is 5.71. The molecular weight excluding hydrogens is 260 g/mol. The van der Waals surface area contributed by atoms with Crippen molar-refractivity contribution < 1.29 is 14.8 Å². The maximum absolute atomic E-state index is 11.1. The highest BCUT2D eigenvalue weighted by atomic mass is 16.6. The first-order chi connectivity index (χ1) is 9.41. The molecule has 0 aliphatic carbocycles. The smallest absolute Gasteiger partial charge is 0.308 e. The average molecular weight is 278 g/mol. The SMILES string of the molecule is CC(c1cccc([N+](=O)[O-])c1)N1CCC(C(=O)O)C1C. The summed E-state index contributed by atoms with van der Waals surface area (Å²) >= 11 is 0. The minimum absolute atomic E-state index is 0.0331. The fourth-order valence-corrected chi connectivity index (χ4v) is 2.93. The van der Waals surface area contributed by atoms with E-state index < -0.39 is 10.9 Å². The van der Waals surface area contributed by atoms with Gasteiger partial charge in [0.15, 0.2) is 0 Å². The first-order valence-electron chi connectivity index (χ1n) is 6.64. The van der Waals surface area contributed by atoms with Crippen LogP contribution in [-0.2, 0) is 4.79 Å². The standard InChI is InChI=1S/C14H18N2O4/c1-9(11-4-3-5-12(8-11)16(19)20)15-7-6-13(10(15)2)14(17)18/h3-5,8-10,13H,6-7H2,1-2H3,(H,17,18). The van der Waals surface area contributed by atoms with Crippen molar-refractivity contribution in [3.8, 4) is 0 Å². The number of carbonyl (C=O) groups is 1. The molecule has 1 fully saturated rings. The lowest BCUT2D eigenvalue weighted by Gasteiger charge is -2.29. The molecule has 1 aromatic rings. The van der Waals surface area contributed by atoms with Crippen LogP contribution in [0, 0.1) is 16.0 Å². The highest BCUT2D eigenvalue weighted by Gasteiger charge is 2.38. The van der Waals surface area contributed by atoms with Crippen molar-refractivity contribution in [1.82, 2.24) is 4.90 Å². The molecule has 1 N–H and O–H groups in total. The average Bonchev–Trinajstić information content (AvgIpc) is 2.80. The number of hydrogen-bond donors (Lipinski definition) is 1. The molecule has 1 aliphatic heterocycles. The molecule has 3 unspecified atom stereocenters. The number of benzene rings is 1. The van der Waals surface area contributed by atoms with E-state index in [-0.39, 0.29) is 23.7 Å². The van der Waals surface area contributed by atoms with Gasteiger partial charge in [0.1, 0.15) is 0 Å². The van der Waals surface area contributed by atoms with E-state index in [0.717, 1.165) is 5.56 Å². The van der Waals surface area contributed by atoms with Crippen LogP contribution in [0.25, 0.3) is 0 Å². The van der Waals surface area contributed by atoms with E-state index in [4.69, 9.17) is 5.11 Å². The molecule has 0 aromatic heterocycles. The van der Waals surface area contributed by atoms with Gasteiger partial charge in [-0.2, -0.15) is 0 Å². The Labute approximate surface area is 117 Å². The van der Waals surface area contributed by atoms with Crippen LogP contribution in [0.3, 0.4) is 0 Å². The number of aliphatic carboxylic acids is 1. The molecule has 1 heterocycles. The van der Waals surface area contributed by atoms with Crippen LogP contribution >= 0.6 is 0 Å². The molecule has 2 rings (SSSR count). The second-order valence-electron chi connectivity index (χ2n) is 5.24. The molecule has 20 heavy (non-hydrogen) atoms. The van der Waals surface area contributed by atoms with Crippen molar-refractivity contribution in [2.45, 2.75) is 32.4 Å². The lowest BCUT2D eigenvalue weighted by atomic mass is 10.0. The van der Waals surface area contributed by atoms with E-state index in [9.17, 15) is 14.9 Å². The molecule has 1 aliphatic rings. The van der Waals surface area contributed by atoms with Gasteiger partial charge >= 0.3 is 5.97 Å². The maximum atomic E-state index is 11.1. The predicted molar refractivity (Wildman–Crippen MR) is 73.4 cm³/mol. The van der Waals surface area contributed by atoms with Gasteiger partial charge in [-0.05, 0) is 32.4 Å². The minimum atomic E-state index is -0.772. The number of non-ortho nitro benzene ring substituents is 1. The second kappa shape index (κ2) is 5.58. The van der Waals surface area contributed by atoms with E-state index >= 15 is 0 Å². The minimum Gasteiger partial charge on any atom is -0.481 e. The van der Waals surface area contributed by atoms with Crippen LogP contribution < -0.4 is 0 Å². The Morgan fingerprint density at radius 1 is 1.55 bits per heavy atom. The van der Waals surface area contributed by atoms with E-state index in [1.54, 1.807) is 12.1 Å². The van der Waals surface area contributed by atoms with Crippen molar-refractivity contribution in [3.63, 3.8) is 0 Å². The molecule has 0 spiro atoms. The summed E-state index contributed by atoms with van der Waals surface area (Å²) in [5.74, 6) is -1.14. The summed E-state index contributed by atoms with van der Waals surface area (Å²) < 4.78 is 0. The van der Waals surface area contributed by atoms with Gasteiger partial charge in [-0.25, -0.2) is 0 Å². The fourth-order valence-electron chi connectivity index (χ4n) is 2.93. The number of nitrogens with zero attached hydrogens (tertiary/aromatic N) is 2. The predicted octanol–water partition coefficient (Wildman–Crippen LogP) is 2.45. The molecule has 1 saturated heterocycles. The summed E-state index contributed by atoms with van der Waals surface area (Å²) in [5.41, 5.74) is 0.910. The molecule has 6 heteroatoms. The Morgan fingerprint density at radius 3 is 2.80 bits per heavy atom. The van der Waals surface area contributed by atoms with Gasteiger partial charge in [0.25, 0.3) is 5.69 Å². The number of nitro groups is 1. The molecule has 6 nitrogen and oxygen atoms in total. The number of rotatable bonds is 4. The fraction of sp³-hybridized carbons (Fsp3) is 0.500. The first kappa shape index (κ1) is 14.5. The summed E-state index contributed by atoms with van der Waals surface area (Å²) in [6.07, 6.45) is 0.621. The molecule has 0 saturated carbocycles. The van der Waals surface area contributed by atoms with Crippen molar-refractivity contribution in [2.75, 3.05) is 6.54 Å². The number of likely N-dealkylation sites (tertiary alicyclic amines) is 1. The van der Waals surface area contributed by atoms with Crippen LogP contribution in [0.4, 0.5) is 5.69 Å². The summed E-state index contributed by atoms with van der Waals surface area (Å²) in [6, 6.07) is 6.43. The van der Waals surface area contributed by atoms with Gasteiger partial charge in [-0.3, -0.25) is 19.8 Å². The lowest BCUT2D eigenvalue weighted by Crippen LogP contribution is -2.34. The molecule has 108 valence electrons. The van der Waals surface area contributed by atoms with Gasteiger partial charge in [-0.1, -0.05) is 12.1 Å². The van der Waals surface area contributed by atoms with E-state index in [2.05, 4.69) is 4.90 Å². The second-order valence-corrected chi connectivity index (χ2v) is 5.24. The molecule has 1 aromatic carbocycles. The Bertz CT molecular complexity index is 532. The van der Waals surface area contributed by atoms with Crippen LogP contribution in [0.5, 0.6) is 0 Å². The molecule has 0 amide bonds. The third-order valence-corrected chi connectivity index (χ3v) is 4.18. The quantitative estimate of drug-likeness (QED) is 0.675. The monoisotopic (exact) mass is 278 g/mol. The summed E-state index contributed by atoms with van der Waals surface area (Å²) in [6.45, 7) is 4.56. The van der Waals surface area contributed by atoms with Gasteiger partial charge in [0, 0.05) is 24.2 Å². The van der Waals surface area contributed by atoms with E-state index in [1.165, 1.54) is 6.07 Å². The maximum Gasteiger partial charge on any atom is 0.308 e. The van der Waals surface area contributed by atoms with Gasteiger partial charge in [-0.15, -0.1) is 0 Å². The topological polar surface area (TPSA) is 83.7 Å². The highest BCUT2D eigenvalue weighted by Crippen LogP contribution is 2.33. The Balaban J connectivity index is 2.20. The summed E-state index contributed by atoms with van der Waals surface area (Å²) in [4.78, 5) is 23.6. The zero-order valence-electron chi connectivity index (χ0n) is 11.5. The first-order valence-corrected chi connectivity index (χ1v) is 6.64. The molecule has 3 atom stereocenters. The van der Waals surface area contributed by atoms with Crippen LogP contribution in [0.2, 0.25) is 0 Å². The zero-order valence-corrected chi connectivity index (χ0v) is 11.5. The normalized spacial score (nSPS) is 24.5. The van der Waals surface area contributed by atoms with Crippen molar-refractivity contribution in [3.05, 3.63) is 39.9 Å². The largest absolute Gasteiger partial charge is 0.481 e. The number of hydrogen-bond acceptors (Lipinski definition) is 4. The Hall–Kier alpha value is -1.95. The summed E-state index contributed by atoms with van der Waals surface area (Å²) in [5, 5.41) is 20.0. The van der Waals surface area contributed by atoms with Crippen LogP contribution in [0.15, 0.2) is 24.3 Å². The van der Waals surface area contributed by atoms with Gasteiger partial charge in [0.2, 0.25) is 0 Å². The number of carboxylic acids is 1. The van der Waals surface area contributed by atoms with Crippen LogP contribution in [0.1, 0.15) is 31.9 Å². The number of nitro benzene ring substituents is 1. The molecule has 0 radical (unpaired) electrons. The van der Waals surface area contributed by atoms with Gasteiger partial charge < -0.3 is 5.11 Å². The third-order valence-electron chi connectivity index (χ3n) is 4.18. The lowest BCUT2D eigenvalue weighted by molar-refractivity contribution is -0.385. The Morgan fingerprint density at radius 2 is 2.25 bits per heavy atom. The summed E-state index contributed by atoms with van der Waals surface area (Å²) in [7, 11) is 0. The van der Waals surface area contributed by atoms with Gasteiger partial charge in [0.05, 0.1) is 10.8 Å². The van der Waals surface area contributed by atoms with Crippen molar-refractivity contribution in [2.24, 2.45) is 5.92 Å². The third kappa shape index (κ3) is 2.65. The number of carboxylic acid groups (broad SMARTS) is 1. The molecular formula is C14H18N2O4. The Kier molecular flexibility index (Phi) is 4.04. The van der Waals surface area contributed by atoms with E-state index in [1.807, 2.05) is 19.9 Å².